The largest absolute Gasteiger partial charge is 0.335 e. The molecule has 0 aromatic heterocycles. The summed E-state index contributed by atoms with van der Waals surface area (Å²) in [7, 11) is 0. The molecule has 2 heterocycles. The number of hydrogen-bond donors (Lipinski definition) is 0. The summed E-state index contributed by atoms with van der Waals surface area (Å²) < 4.78 is 0. The van der Waals surface area contributed by atoms with Gasteiger partial charge in [0.15, 0.2) is 0 Å². The number of rotatable bonds is 6. The summed E-state index contributed by atoms with van der Waals surface area (Å²) in [5.41, 5.74) is 2.00. The Hall–Kier alpha value is -3.31. The average Bonchev–Trinajstić information content (AvgIpc) is 2.88. The van der Waals surface area contributed by atoms with Gasteiger partial charge in [-0.3, -0.25) is 9.59 Å². The van der Waals surface area contributed by atoms with Crippen molar-refractivity contribution in [3.63, 3.8) is 0 Å². The zero-order chi connectivity index (χ0) is 22.9. The van der Waals surface area contributed by atoms with Crippen LogP contribution in [0.3, 0.4) is 0 Å². The lowest BCUT2D eigenvalue weighted by Crippen LogP contribution is -2.32. The predicted molar refractivity (Wildman–Crippen MR) is 136 cm³/mol. The summed E-state index contributed by atoms with van der Waals surface area (Å²) in [6, 6.07) is 16.1. The van der Waals surface area contributed by atoms with Crippen LogP contribution in [0.1, 0.15) is 24.0 Å². The number of carbonyl (C=O) groups is 2. The van der Waals surface area contributed by atoms with Crippen molar-refractivity contribution in [1.82, 2.24) is 9.80 Å². The van der Waals surface area contributed by atoms with Crippen LogP contribution < -0.4 is 0 Å². The number of hydrogen-bond acceptors (Lipinski definition) is 3. The Morgan fingerprint density at radius 1 is 0.667 bits per heavy atom. The van der Waals surface area contributed by atoms with Gasteiger partial charge in [-0.2, -0.15) is 0 Å². The highest BCUT2D eigenvalue weighted by Crippen LogP contribution is 2.34. The fraction of sp³-hybridized carbons (Fsp3) is 0.214. The van der Waals surface area contributed by atoms with Gasteiger partial charge in [-0.05, 0) is 48.3 Å². The van der Waals surface area contributed by atoms with Crippen molar-refractivity contribution in [2.24, 2.45) is 0 Å². The number of amides is 2. The molecule has 4 rings (SSSR count). The first-order valence-electron chi connectivity index (χ1n) is 11.3. The van der Waals surface area contributed by atoms with Crippen molar-refractivity contribution in [2.75, 3.05) is 26.2 Å². The topological polar surface area (TPSA) is 40.6 Å². The van der Waals surface area contributed by atoms with Gasteiger partial charge in [0.05, 0.1) is 0 Å². The van der Waals surface area contributed by atoms with Crippen molar-refractivity contribution >= 4 is 35.7 Å². The molecule has 2 aromatic carbocycles. The minimum absolute atomic E-state index is 0.0357. The van der Waals surface area contributed by atoms with Gasteiger partial charge in [-0.25, -0.2) is 0 Å². The zero-order valence-corrected chi connectivity index (χ0v) is 19.4. The first-order chi connectivity index (χ1) is 16.2. The zero-order valence-electron chi connectivity index (χ0n) is 18.6. The number of carbonyl (C=O) groups excluding carboxylic acids is 2. The van der Waals surface area contributed by atoms with Crippen LogP contribution in [0.2, 0.25) is 0 Å². The molecule has 4 nitrogen and oxygen atoms in total. The molecule has 2 aliphatic rings. The molecule has 2 amide bonds. The standard InChI is InChI=1S/C28H28N2O2S/c31-27(29-19-7-1-8-20-29)17-15-23-11-3-5-13-25(23)33-26-14-6-4-12-24(26)16-18-28(32)30-21-9-2-10-22-30/h1-7,9,11-18H,8,10,19-22H2. The van der Waals surface area contributed by atoms with Crippen LogP contribution in [0.5, 0.6) is 0 Å². The molecule has 0 saturated carbocycles. The monoisotopic (exact) mass is 456 g/mol. The molecule has 0 N–H and O–H groups in total. The molecule has 5 heteroatoms. The Kier molecular flexibility index (Phi) is 7.99. The van der Waals surface area contributed by atoms with Crippen LogP contribution >= 0.6 is 11.8 Å². The maximum atomic E-state index is 12.5. The number of nitrogens with zero attached hydrogens (tertiary/aromatic N) is 2. The van der Waals surface area contributed by atoms with Gasteiger partial charge in [0, 0.05) is 48.1 Å². The normalized spacial score (nSPS) is 16.1. The quantitative estimate of drug-likeness (QED) is 0.429. The van der Waals surface area contributed by atoms with Crippen LogP contribution in [0.4, 0.5) is 0 Å². The first-order valence-corrected chi connectivity index (χ1v) is 12.1. The van der Waals surface area contributed by atoms with Crippen LogP contribution in [0.15, 0.2) is 94.8 Å². The third kappa shape index (κ3) is 6.36. The minimum atomic E-state index is 0.0357. The molecule has 0 saturated heterocycles. The van der Waals surface area contributed by atoms with E-state index in [1.807, 2.05) is 70.5 Å². The predicted octanol–water partition coefficient (Wildman–Crippen LogP) is 5.44. The van der Waals surface area contributed by atoms with Crippen molar-refractivity contribution in [1.29, 1.82) is 0 Å². The maximum Gasteiger partial charge on any atom is 0.246 e. The van der Waals surface area contributed by atoms with Crippen molar-refractivity contribution in [2.45, 2.75) is 22.6 Å². The molecule has 0 aliphatic carbocycles. The van der Waals surface area contributed by atoms with E-state index >= 15 is 0 Å². The minimum Gasteiger partial charge on any atom is -0.335 e. The maximum absolute atomic E-state index is 12.5. The third-order valence-corrected chi connectivity index (χ3v) is 6.79. The second kappa shape index (κ2) is 11.5. The van der Waals surface area contributed by atoms with E-state index < -0.39 is 0 Å². The van der Waals surface area contributed by atoms with Crippen LogP contribution in [-0.2, 0) is 9.59 Å². The van der Waals surface area contributed by atoms with Crippen LogP contribution in [0, 0.1) is 0 Å². The van der Waals surface area contributed by atoms with E-state index in [1.54, 1.807) is 23.9 Å². The van der Waals surface area contributed by atoms with E-state index in [9.17, 15) is 9.59 Å². The molecular formula is C28H28N2O2S. The average molecular weight is 457 g/mol. The van der Waals surface area contributed by atoms with E-state index in [4.69, 9.17) is 0 Å². The fourth-order valence-electron chi connectivity index (χ4n) is 3.76. The molecule has 0 bridgehead atoms. The highest BCUT2D eigenvalue weighted by atomic mass is 32.2. The molecule has 0 fully saturated rings. The lowest BCUT2D eigenvalue weighted by atomic mass is 10.2. The van der Waals surface area contributed by atoms with Gasteiger partial charge >= 0.3 is 0 Å². The molecule has 33 heavy (non-hydrogen) atoms. The van der Waals surface area contributed by atoms with Gasteiger partial charge in [0.1, 0.15) is 0 Å². The Bertz CT molecular complexity index is 1030. The Labute approximate surface area is 200 Å². The van der Waals surface area contributed by atoms with Gasteiger partial charge in [-0.15, -0.1) is 0 Å². The van der Waals surface area contributed by atoms with E-state index in [0.717, 1.165) is 46.8 Å². The smallest absolute Gasteiger partial charge is 0.246 e. The van der Waals surface area contributed by atoms with Crippen molar-refractivity contribution in [3.8, 4) is 0 Å². The van der Waals surface area contributed by atoms with Gasteiger partial charge in [-0.1, -0.05) is 72.5 Å². The highest BCUT2D eigenvalue weighted by molar-refractivity contribution is 7.99. The van der Waals surface area contributed by atoms with E-state index in [0.29, 0.717) is 13.1 Å². The molecule has 0 spiro atoms. The second-order valence-electron chi connectivity index (χ2n) is 7.93. The van der Waals surface area contributed by atoms with Crippen molar-refractivity contribution < 1.29 is 9.59 Å². The molecule has 0 radical (unpaired) electrons. The van der Waals surface area contributed by atoms with E-state index in [-0.39, 0.29) is 11.8 Å². The summed E-state index contributed by atoms with van der Waals surface area (Å²) in [5, 5.41) is 0. The fourth-order valence-corrected chi connectivity index (χ4v) is 4.79. The first kappa shape index (κ1) is 22.9. The summed E-state index contributed by atoms with van der Waals surface area (Å²) in [6.45, 7) is 2.88. The molecule has 168 valence electrons. The molecule has 2 aliphatic heterocycles. The highest BCUT2D eigenvalue weighted by Gasteiger charge is 2.12. The lowest BCUT2D eigenvalue weighted by Gasteiger charge is -2.21. The number of benzene rings is 2. The van der Waals surface area contributed by atoms with Crippen LogP contribution in [0.25, 0.3) is 12.2 Å². The Morgan fingerprint density at radius 2 is 1.12 bits per heavy atom. The molecule has 0 atom stereocenters. The Morgan fingerprint density at radius 3 is 1.55 bits per heavy atom. The van der Waals surface area contributed by atoms with Gasteiger partial charge < -0.3 is 9.80 Å². The molecule has 0 unspecified atom stereocenters. The van der Waals surface area contributed by atoms with E-state index in [2.05, 4.69) is 24.3 Å². The lowest BCUT2D eigenvalue weighted by molar-refractivity contribution is -0.126. The summed E-state index contributed by atoms with van der Waals surface area (Å²) in [6.07, 6.45) is 17.2. The van der Waals surface area contributed by atoms with Crippen molar-refractivity contribution in [3.05, 3.63) is 96.1 Å². The summed E-state index contributed by atoms with van der Waals surface area (Å²) >= 11 is 1.64. The summed E-state index contributed by atoms with van der Waals surface area (Å²) in [5.74, 6) is 0.0714. The van der Waals surface area contributed by atoms with Crippen LogP contribution in [-0.4, -0.2) is 47.8 Å². The Balaban J connectivity index is 1.48. The van der Waals surface area contributed by atoms with Gasteiger partial charge in [0.2, 0.25) is 11.8 Å². The summed E-state index contributed by atoms with van der Waals surface area (Å²) in [4.78, 5) is 30.9. The van der Waals surface area contributed by atoms with Gasteiger partial charge in [0.25, 0.3) is 0 Å². The molecular weight excluding hydrogens is 428 g/mol. The van der Waals surface area contributed by atoms with E-state index in [1.165, 1.54) is 0 Å². The third-order valence-electron chi connectivity index (χ3n) is 5.61. The second-order valence-corrected chi connectivity index (χ2v) is 9.02. The molecule has 2 aromatic rings. The SMILES string of the molecule is O=C(C=Cc1ccccc1Sc1ccccc1C=CC(=O)N1CC=CCC1)N1CC=CCC1.